The normalized spacial score (nSPS) is 12.9. The van der Waals surface area contributed by atoms with Gasteiger partial charge in [-0.2, -0.15) is 0 Å². The number of para-hydroxylation sites is 2. The number of nitrogens with zero attached hydrogens (tertiary/aromatic N) is 1. The van der Waals surface area contributed by atoms with Crippen LogP contribution in [0.5, 0.6) is 11.5 Å². The Bertz CT molecular complexity index is 717. The first-order chi connectivity index (χ1) is 11.2. The second-order valence-electron chi connectivity index (χ2n) is 5.24. The lowest BCUT2D eigenvalue weighted by molar-refractivity contribution is -0.120. The van der Waals surface area contributed by atoms with Crippen LogP contribution in [-0.2, 0) is 11.2 Å². The maximum Gasteiger partial charge on any atom is 0.264 e. The van der Waals surface area contributed by atoms with Gasteiger partial charge in [-0.05, 0) is 43.2 Å². The molecule has 0 unspecified atom stereocenters. The van der Waals surface area contributed by atoms with E-state index in [9.17, 15) is 4.79 Å². The van der Waals surface area contributed by atoms with Gasteiger partial charge in [-0.3, -0.25) is 4.79 Å². The number of carbonyl (C=O) groups is 1. The number of benzene rings is 2. The highest BCUT2D eigenvalue weighted by Gasteiger charge is 2.25. The summed E-state index contributed by atoms with van der Waals surface area (Å²) < 4.78 is 12.2. The number of rotatable bonds is 5. The van der Waals surface area contributed by atoms with Crippen LogP contribution < -0.4 is 14.4 Å². The van der Waals surface area contributed by atoms with Crippen molar-refractivity contribution in [2.24, 2.45) is 0 Å². The van der Waals surface area contributed by atoms with E-state index in [-0.39, 0.29) is 12.5 Å². The molecule has 1 aliphatic heterocycles. The number of carbonyl (C=O) groups excluding carboxylic acids is 1. The lowest BCUT2D eigenvalue weighted by atomic mass is 10.2. The minimum Gasteiger partial charge on any atom is -0.490 e. The van der Waals surface area contributed by atoms with E-state index >= 15 is 0 Å². The highest BCUT2D eigenvalue weighted by Crippen LogP contribution is 2.31. The molecule has 1 amide bonds. The second-order valence-corrected chi connectivity index (χ2v) is 6.15. The molecule has 1 aliphatic rings. The third-order valence-electron chi connectivity index (χ3n) is 3.74. The zero-order chi connectivity index (χ0) is 16.2. The third-order valence-corrected chi connectivity index (χ3v) is 4.24. The molecule has 0 radical (unpaired) electrons. The first kappa shape index (κ1) is 15.9. The molecule has 0 aliphatic carbocycles. The monoisotopic (exact) mass is 375 g/mol. The van der Waals surface area contributed by atoms with E-state index < -0.39 is 0 Å². The lowest BCUT2D eigenvalue weighted by Crippen LogP contribution is -2.33. The molecule has 0 spiro atoms. The molecule has 1 heterocycles. The summed E-state index contributed by atoms with van der Waals surface area (Å²) >= 11 is 3.46. The predicted molar refractivity (Wildman–Crippen MR) is 93.3 cm³/mol. The maximum atomic E-state index is 12.5. The summed E-state index contributed by atoms with van der Waals surface area (Å²) in [5, 5.41) is 0. The average molecular weight is 376 g/mol. The van der Waals surface area contributed by atoms with E-state index in [1.54, 1.807) is 4.90 Å². The van der Waals surface area contributed by atoms with Crippen LogP contribution in [0.15, 0.2) is 46.9 Å². The summed E-state index contributed by atoms with van der Waals surface area (Å²) in [5.74, 6) is 1.21. The van der Waals surface area contributed by atoms with Gasteiger partial charge in [-0.25, -0.2) is 0 Å². The van der Waals surface area contributed by atoms with E-state index in [1.165, 1.54) is 5.56 Å². The molecule has 2 aromatic carbocycles. The number of anilines is 1. The number of fused-ring (bicyclic) bond motifs is 1. The molecule has 0 saturated carbocycles. The fourth-order valence-corrected chi connectivity index (χ4v) is 3.02. The van der Waals surface area contributed by atoms with Gasteiger partial charge in [-0.1, -0.05) is 34.1 Å². The van der Waals surface area contributed by atoms with E-state index in [2.05, 4.69) is 22.0 Å². The molecule has 3 rings (SSSR count). The first-order valence-electron chi connectivity index (χ1n) is 7.62. The molecule has 0 atom stereocenters. The van der Waals surface area contributed by atoms with Gasteiger partial charge in [0.25, 0.3) is 5.91 Å². The Morgan fingerprint density at radius 2 is 1.91 bits per heavy atom. The standard InChI is InChI=1S/C18H18BrNO3/c1-2-22-16-5-3-4-6-17(16)23-12-18(21)20-10-9-13-7-8-14(19)11-15(13)20/h3-8,11H,2,9-10,12H2,1H3. The van der Waals surface area contributed by atoms with Gasteiger partial charge in [-0.15, -0.1) is 0 Å². The van der Waals surface area contributed by atoms with Crippen LogP contribution in [0, 0.1) is 0 Å². The summed E-state index contributed by atoms with van der Waals surface area (Å²) in [6.07, 6.45) is 0.879. The lowest BCUT2D eigenvalue weighted by Gasteiger charge is -2.18. The zero-order valence-corrected chi connectivity index (χ0v) is 14.5. The van der Waals surface area contributed by atoms with Crippen molar-refractivity contribution in [3.05, 3.63) is 52.5 Å². The highest BCUT2D eigenvalue weighted by molar-refractivity contribution is 9.10. The largest absolute Gasteiger partial charge is 0.490 e. The summed E-state index contributed by atoms with van der Waals surface area (Å²) in [6.45, 7) is 3.17. The Hall–Kier alpha value is -2.01. The molecule has 23 heavy (non-hydrogen) atoms. The minimum atomic E-state index is -0.0480. The summed E-state index contributed by atoms with van der Waals surface area (Å²) in [5.41, 5.74) is 2.15. The van der Waals surface area contributed by atoms with Crippen LogP contribution in [0.25, 0.3) is 0 Å². The van der Waals surface area contributed by atoms with E-state index in [1.807, 2.05) is 43.3 Å². The number of hydrogen-bond donors (Lipinski definition) is 0. The van der Waals surface area contributed by atoms with Crippen molar-refractivity contribution in [2.45, 2.75) is 13.3 Å². The van der Waals surface area contributed by atoms with Crippen molar-refractivity contribution in [3.8, 4) is 11.5 Å². The molecule has 0 aromatic heterocycles. The highest BCUT2D eigenvalue weighted by atomic mass is 79.9. The molecule has 2 aromatic rings. The van der Waals surface area contributed by atoms with Crippen molar-refractivity contribution in [1.82, 2.24) is 0 Å². The molecular weight excluding hydrogens is 358 g/mol. The molecule has 0 N–H and O–H groups in total. The Balaban J connectivity index is 1.69. The SMILES string of the molecule is CCOc1ccccc1OCC(=O)N1CCc2ccc(Br)cc21. The molecule has 120 valence electrons. The number of ether oxygens (including phenoxy) is 2. The second kappa shape index (κ2) is 7.04. The predicted octanol–water partition coefficient (Wildman–Crippen LogP) is 3.82. The summed E-state index contributed by atoms with van der Waals surface area (Å²) in [4.78, 5) is 14.3. The Kier molecular flexibility index (Phi) is 4.86. The van der Waals surface area contributed by atoms with Gasteiger partial charge in [0.15, 0.2) is 18.1 Å². The molecule has 4 nitrogen and oxygen atoms in total. The van der Waals surface area contributed by atoms with Gasteiger partial charge in [0.2, 0.25) is 0 Å². The van der Waals surface area contributed by atoms with E-state index in [0.717, 1.165) is 16.6 Å². The van der Waals surface area contributed by atoms with Gasteiger partial charge in [0.1, 0.15) is 0 Å². The number of amides is 1. The molecule has 5 heteroatoms. The van der Waals surface area contributed by atoms with Crippen molar-refractivity contribution in [1.29, 1.82) is 0 Å². The van der Waals surface area contributed by atoms with Gasteiger partial charge in [0, 0.05) is 16.7 Å². The fraction of sp³-hybridized carbons (Fsp3) is 0.278. The topological polar surface area (TPSA) is 38.8 Å². The minimum absolute atomic E-state index is 0.00393. The quantitative estimate of drug-likeness (QED) is 0.797. The van der Waals surface area contributed by atoms with Crippen LogP contribution in [0.2, 0.25) is 0 Å². The molecule has 0 fully saturated rings. The van der Waals surface area contributed by atoms with Crippen LogP contribution in [0.3, 0.4) is 0 Å². The smallest absolute Gasteiger partial charge is 0.264 e. The van der Waals surface area contributed by atoms with Crippen LogP contribution in [0.1, 0.15) is 12.5 Å². The third kappa shape index (κ3) is 3.50. The van der Waals surface area contributed by atoms with Gasteiger partial charge >= 0.3 is 0 Å². The molecule has 0 saturated heterocycles. The van der Waals surface area contributed by atoms with Crippen LogP contribution in [0.4, 0.5) is 5.69 Å². The van der Waals surface area contributed by atoms with Gasteiger partial charge < -0.3 is 14.4 Å². The Morgan fingerprint density at radius 1 is 1.17 bits per heavy atom. The van der Waals surface area contributed by atoms with Crippen molar-refractivity contribution < 1.29 is 14.3 Å². The van der Waals surface area contributed by atoms with Crippen molar-refractivity contribution in [2.75, 3.05) is 24.7 Å². The maximum absolute atomic E-state index is 12.5. The summed E-state index contributed by atoms with van der Waals surface area (Å²) in [7, 11) is 0. The fourth-order valence-electron chi connectivity index (χ4n) is 2.67. The van der Waals surface area contributed by atoms with Crippen LogP contribution in [-0.4, -0.2) is 25.7 Å². The first-order valence-corrected chi connectivity index (χ1v) is 8.41. The molecule has 0 bridgehead atoms. The Morgan fingerprint density at radius 3 is 2.65 bits per heavy atom. The molecular formula is C18H18BrNO3. The van der Waals surface area contributed by atoms with Gasteiger partial charge in [0.05, 0.1) is 6.61 Å². The van der Waals surface area contributed by atoms with E-state index in [0.29, 0.717) is 24.7 Å². The van der Waals surface area contributed by atoms with Crippen molar-refractivity contribution in [3.63, 3.8) is 0 Å². The van der Waals surface area contributed by atoms with Crippen molar-refractivity contribution >= 4 is 27.5 Å². The number of halogens is 1. The Labute approximate surface area is 144 Å². The van der Waals surface area contributed by atoms with E-state index in [4.69, 9.17) is 9.47 Å². The number of hydrogen-bond acceptors (Lipinski definition) is 3. The summed E-state index contributed by atoms with van der Waals surface area (Å²) in [6, 6.07) is 13.4. The average Bonchev–Trinajstić information content (AvgIpc) is 2.97. The zero-order valence-electron chi connectivity index (χ0n) is 12.9. The van der Waals surface area contributed by atoms with Crippen LogP contribution >= 0.6 is 15.9 Å².